The van der Waals surface area contributed by atoms with Gasteiger partial charge in [-0.05, 0) is 48.2 Å². The molecule has 0 spiro atoms. The second-order valence-corrected chi connectivity index (χ2v) is 10.9. The third-order valence-electron chi connectivity index (χ3n) is 5.21. The van der Waals surface area contributed by atoms with Gasteiger partial charge >= 0.3 is 0 Å². The molecule has 7 nitrogen and oxygen atoms in total. The Morgan fingerprint density at radius 2 is 1.71 bits per heavy atom. The monoisotopic (exact) mass is 529 g/mol. The summed E-state index contributed by atoms with van der Waals surface area (Å²) >= 11 is 5.83. The first-order valence-corrected chi connectivity index (χ1v) is 13.3. The smallest absolute Gasteiger partial charge is 0.244 e. The maximum atomic E-state index is 13.6. The average molecular weight is 530 g/mol. The summed E-state index contributed by atoms with van der Waals surface area (Å²) < 4.78 is 52.9. The Bertz CT molecular complexity index is 1140. The molecular weight excluding hydrogens is 500 g/mol. The van der Waals surface area contributed by atoms with Crippen LogP contribution in [0, 0.1) is 17.6 Å². The quantitative estimate of drug-likeness (QED) is 0.477. The molecule has 2 aromatic carbocycles. The van der Waals surface area contributed by atoms with E-state index in [1.165, 1.54) is 35.2 Å². The van der Waals surface area contributed by atoms with Crippen LogP contribution in [0.25, 0.3) is 0 Å². The Balaban J connectivity index is 2.43. The largest absolute Gasteiger partial charge is 0.354 e. The van der Waals surface area contributed by atoms with Gasteiger partial charge in [0.05, 0.1) is 17.0 Å². The van der Waals surface area contributed by atoms with Crippen molar-refractivity contribution in [1.82, 2.24) is 10.2 Å². The van der Waals surface area contributed by atoms with E-state index in [0.29, 0.717) is 12.1 Å². The summed E-state index contributed by atoms with van der Waals surface area (Å²) in [7, 11) is -3.97. The number of carbonyl (C=O) groups is 2. The minimum Gasteiger partial charge on any atom is -0.354 e. The Labute approximate surface area is 210 Å². The van der Waals surface area contributed by atoms with Gasteiger partial charge in [-0.25, -0.2) is 17.2 Å². The number of sulfonamides is 1. The lowest BCUT2D eigenvalue weighted by Crippen LogP contribution is -2.52. The van der Waals surface area contributed by atoms with Gasteiger partial charge in [-0.2, -0.15) is 0 Å². The fraction of sp³-hybridized carbons (Fsp3) is 0.417. The number of benzene rings is 2. The third-order valence-corrected chi connectivity index (χ3v) is 6.64. The van der Waals surface area contributed by atoms with Gasteiger partial charge in [-0.15, -0.1) is 0 Å². The van der Waals surface area contributed by atoms with Crippen molar-refractivity contribution in [1.29, 1.82) is 0 Å². The van der Waals surface area contributed by atoms with Crippen LogP contribution >= 0.6 is 11.6 Å². The number of nitrogens with zero attached hydrogens (tertiary/aromatic N) is 2. The molecule has 1 atom stereocenters. The van der Waals surface area contributed by atoms with Gasteiger partial charge in [-0.3, -0.25) is 13.9 Å². The van der Waals surface area contributed by atoms with E-state index in [4.69, 9.17) is 11.6 Å². The first-order valence-electron chi connectivity index (χ1n) is 11.1. The number of rotatable bonds is 11. The molecule has 0 aliphatic rings. The molecule has 0 heterocycles. The Morgan fingerprint density at radius 1 is 1.09 bits per heavy atom. The lowest BCUT2D eigenvalue weighted by Gasteiger charge is -2.33. The SMILES string of the molecule is CCC(C(=O)NCC(C)C)N(Cc1ccc(F)cc1)C(=O)CN(c1ccc(F)c(Cl)c1)S(C)(=O)=O. The molecule has 0 aromatic heterocycles. The normalized spacial score (nSPS) is 12.3. The van der Waals surface area contributed by atoms with Gasteiger partial charge in [0.1, 0.15) is 24.2 Å². The van der Waals surface area contributed by atoms with Gasteiger partial charge < -0.3 is 10.2 Å². The van der Waals surface area contributed by atoms with E-state index >= 15 is 0 Å². The maximum Gasteiger partial charge on any atom is 0.244 e. The number of nitrogens with one attached hydrogen (secondary N) is 1. The zero-order valence-corrected chi connectivity index (χ0v) is 21.7. The molecule has 0 aliphatic carbocycles. The van der Waals surface area contributed by atoms with Gasteiger partial charge in [0.25, 0.3) is 0 Å². The van der Waals surface area contributed by atoms with E-state index in [2.05, 4.69) is 5.32 Å². The van der Waals surface area contributed by atoms with Gasteiger partial charge in [0.15, 0.2) is 0 Å². The molecule has 0 radical (unpaired) electrons. The molecule has 11 heteroatoms. The van der Waals surface area contributed by atoms with Crippen molar-refractivity contribution in [3.05, 3.63) is 64.7 Å². The highest BCUT2D eigenvalue weighted by atomic mass is 35.5. The fourth-order valence-corrected chi connectivity index (χ4v) is 4.40. The number of amides is 2. The highest BCUT2D eigenvalue weighted by Gasteiger charge is 2.32. The van der Waals surface area contributed by atoms with E-state index in [0.717, 1.165) is 22.7 Å². The minimum absolute atomic E-state index is 0.00582. The van der Waals surface area contributed by atoms with Crippen molar-refractivity contribution in [3.8, 4) is 0 Å². The van der Waals surface area contributed by atoms with Crippen LogP contribution in [0.1, 0.15) is 32.8 Å². The summed E-state index contributed by atoms with van der Waals surface area (Å²) in [5.74, 6) is -2.05. The van der Waals surface area contributed by atoms with Gasteiger partial charge in [0.2, 0.25) is 21.8 Å². The molecule has 2 aromatic rings. The summed E-state index contributed by atoms with van der Waals surface area (Å²) in [5, 5.41) is 2.51. The van der Waals surface area contributed by atoms with Crippen LogP contribution in [0.3, 0.4) is 0 Å². The fourth-order valence-electron chi connectivity index (χ4n) is 3.38. The third kappa shape index (κ3) is 8.17. The summed E-state index contributed by atoms with van der Waals surface area (Å²) in [4.78, 5) is 27.7. The van der Waals surface area contributed by atoms with Crippen molar-refractivity contribution in [3.63, 3.8) is 0 Å². The van der Waals surface area contributed by atoms with Crippen LogP contribution in [-0.2, 0) is 26.2 Å². The number of hydrogen-bond acceptors (Lipinski definition) is 4. The second kappa shape index (κ2) is 12.3. The number of carbonyl (C=O) groups excluding carboxylic acids is 2. The van der Waals surface area contributed by atoms with Crippen LogP contribution in [-0.4, -0.2) is 50.5 Å². The number of halogens is 3. The molecule has 0 bridgehead atoms. The van der Waals surface area contributed by atoms with E-state index < -0.39 is 40.2 Å². The molecule has 35 heavy (non-hydrogen) atoms. The second-order valence-electron chi connectivity index (χ2n) is 8.58. The number of hydrogen-bond donors (Lipinski definition) is 1. The summed E-state index contributed by atoms with van der Waals surface area (Å²) in [6.07, 6.45) is 1.17. The number of anilines is 1. The molecular formula is C24H30ClF2N3O4S. The first kappa shape index (κ1) is 28.5. The first-order chi connectivity index (χ1) is 16.3. The van der Waals surface area contributed by atoms with E-state index in [1.807, 2.05) is 13.8 Å². The zero-order valence-electron chi connectivity index (χ0n) is 20.1. The zero-order chi connectivity index (χ0) is 26.3. The maximum absolute atomic E-state index is 13.6. The van der Waals surface area contributed by atoms with Crippen molar-refractivity contribution < 1.29 is 26.8 Å². The molecule has 0 saturated heterocycles. The van der Waals surface area contributed by atoms with Crippen LogP contribution in [0.15, 0.2) is 42.5 Å². The topological polar surface area (TPSA) is 86.8 Å². The van der Waals surface area contributed by atoms with Crippen LogP contribution in [0.5, 0.6) is 0 Å². The van der Waals surface area contributed by atoms with Crippen molar-refractivity contribution >= 4 is 39.1 Å². The summed E-state index contributed by atoms with van der Waals surface area (Å²) in [6.45, 7) is 5.31. The van der Waals surface area contributed by atoms with E-state index in [9.17, 15) is 26.8 Å². The Kier molecular flexibility index (Phi) is 10.0. The minimum atomic E-state index is -3.97. The van der Waals surface area contributed by atoms with Crippen molar-refractivity contribution in [2.45, 2.75) is 39.8 Å². The Morgan fingerprint density at radius 3 is 2.23 bits per heavy atom. The van der Waals surface area contributed by atoms with Gasteiger partial charge in [0, 0.05) is 13.1 Å². The molecule has 0 aliphatic heterocycles. The lowest BCUT2D eigenvalue weighted by atomic mass is 10.1. The van der Waals surface area contributed by atoms with E-state index in [1.54, 1.807) is 6.92 Å². The van der Waals surface area contributed by atoms with Crippen LogP contribution in [0.4, 0.5) is 14.5 Å². The van der Waals surface area contributed by atoms with Crippen molar-refractivity contribution in [2.75, 3.05) is 23.7 Å². The molecule has 1 unspecified atom stereocenters. The molecule has 2 rings (SSSR count). The molecule has 2 amide bonds. The average Bonchev–Trinajstić information content (AvgIpc) is 2.78. The summed E-state index contributed by atoms with van der Waals surface area (Å²) in [5.41, 5.74) is 0.567. The standard InChI is InChI=1S/C24H30ClF2N3O4S/c1-5-22(24(32)28-13-16(2)3)29(14-17-6-8-18(26)9-7-17)23(31)15-30(35(4,33)34)19-10-11-21(27)20(25)12-19/h6-12,16,22H,5,13-15H2,1-4H3,(H,28,32). The van der Waals surface area contributed by atoms with Gasteiger partial charge in [-0.1, -0.05) is 44.5 Å². The van der Waals surface area contributed by atoms with Crippen LogP contribution in [0.2, 0.25) is 5.02 Å². The highest BCUT2D eigenvalue weighted by Crippen LogP contribution is 2.25. The van der Waals surface area contributed by atoms with E-state index in [-0.39, 0.29) is 35.5 Å². The highest BCUT2D eigenvalue weighted by molar-refractivity contribution is 7.92. The van der Waals surface area contributed by atoms with Crippen LogP contribution < -0.4 is 9.62 Å². The summed E-state index contributed by atoms with van der Waals surface area (Å²) in [6, 6.07) is 7.87. The van der Waals surface area contributed by atoms with Crippen molar-refractivity contribution in [2.24, 2.45) is 5.92 Å². The molecule has 192 valence electrons. The lowest BCUT2D eigenvalue weighted by molar-refractivity contribution is -0.140. The Hall–Kier alpha value is -2.72. The predicted molar refractivity (Wildman–Crippen MR) is 132 cm³/mol. The molecule has 1 N–H and O–H groups in total. The molecule has 0 saturated carbocycles. The molecule has 0 fully saturated rings. The predicted octanol–water partition coefficient (Wildman–Crippen LogP) is 3.96.